The fraction of sp³-hybridized carbons (Fsp3) is 0.500. The number of amidine groups is 1. The maximum absolute atomic E-state index is 11.0. The molecule has 2 N–H and O–H groups in total. The van der Waals surface area contributed by atoms with Crippen LogP contribution in [0.1, 0.15) is 0 Å². The molecule has 5 heteroatoms. The fourth-order valence-electron chi connectivity index (χ4n) is 0.0962. The van der Waals surface area contributed by atoms with Gasteiger partial charge in [-0.1, -0.05) is 0 Å². The van der Waals surface area contributed by atoms with Crippen molar-refractivity contribution in [1.29, 1.82) is 0 Å². The van der Waals surface area contributed by atoms with Gasteiger partial charge in [0.25, 0.3) is 0 Å². The maximum atomic E-state index is 11.0. The molecule has 0 unspecified atom stereocenters. The number of rotatable bonds is 1. The van der Waals surface area contributed by atoms with Gasteiger partial charge in [0.15, 0.2) is 0 Å². The quantitative estimate of drug-likeness (QED) is 0.250. The van der Waals surface area contributed by atoms with Crippen molar-refractivity contribution in [3.8, 4) is 0 Å². The topological polar surface area (TPSA) is 38.4 Å². The molecule has 0 atom stereocenters. The van der Waals surface area contributed by atoms with Gasteiger partial charge in [-0.3, -0.25) is 0 Å². The van der Waals surface area contributed by atoms with E-state index < -0.39 is 6.55 Å². The van der Waals surface area contributed by atoms with Crippen LogP contribution in [-0.4, -0.2) is 27.3 Å². The molecule has 41 valence electrons. The Morgan fingerprint density at radius 2 is 2.14 bits per heavy atom. The second kappa shape index (κ2) is 2.93. The molecule has 0 bridgehead atoms. The SMILES string of the molecule is NC([Se])=NC(F)F. The van der Waals surface area contributed by atoms with Crippen LogP contribution >= 0.6 is 0 Å². The van der Waals surface area contributed by atoms with Crippen LogP contribution < -0.4 is 5.73 Å². The second-order valence-electron chi connectivity index (χ2n) is 0.745. The number of nitrogens with zero attached hydrogens (tertiary/aromatic N) is 1. The standard InChI is InChI=1S/C2H3F2N2Se/c3-1(4)6-2(5)7/h1H,(H2,5,6). The third-order valence-electron chi connectivity index (χ3n) is 0.225. The average Bonchev–Trinajstić information content (AvgIpc) is 1.27. The molecular formula is C2H3F2N2Se. The third kappa shape index (κ3) is 5.85. The van der Waals surface area contributed by atoms with E-state index >= 15 is 0 Å². The molecule has 0 aliphatic carbocycles. The fourth-order valence-corrected chi connectivity index (χ4v) is 0.263. The van der Waals surface area contributed by atoms with Gasteiger partial charge in [-0.2, -0.15) is 0 Å². The Morgan fingerprint density at radius 3 is 2.14 bits per heavy atom. The van der Waals surface area contributed by atoms with Crippen molar-refractivity contribution in [2.45, 2.75) is 6.55 Å². The van der Waals surface area contributed by atoms with Gasteiger partial charge in [-0.15, -0.1) is 0 Å². The van der Waals surface area contributed by atoms with Crippen LogP contribution in [0.4, 0.5) is 8.78 Å². The van der Waals surface area contributed by atoms with Crippen LogP contribution in [0.3, 0.4) is 0 Å². The molecule has 0 aliphatic rings. The monoisotopic (exact) mass is 173 g/mol. The van der Waals surface area contributed by atoms with Gasteiger partial charge < -0.3 is 0 Å². The van der Waals surface area contributed by atoms with Crippen LogP contribution in [0, 0.1) is 0 Å². The molecule has 0 amide bonds. The molecule has 0 saturated heterocycles. The zero-order valence-electron chi connectivity index (χ0n) is 3.27. The predicted molar refractivity (Wildman–Crippen MR) is 23.4 cm³/mol. The van der Waals surface area contributed by atoms with Crippen LogP contribution in [0.15, 0.2) is 4.99 Å². The molecule has 0 rings (SSSR count). The summed E-state index contributed by atoms with van der Waals surface area (Å²) in [6, 6.07) is 0. The Kier molecular flexibility index (Phi) is 2.87. The number of alkyl halides is 2. The van der Waals surface area contributed by atoms with Crippen molar-refractivity contribution in [3.63, 3.8) is 0 Å². The van der Waals surface area contributed by atoms with Crippen LogP contribution in [-0.2, 0) is 0 Å². The summed E-state index contributed by atoms with van der Waals surface area (Å²) in [4.78, 5) is 2.58. The summed E-state index contributed by atoms with van der Waals surface area (Å²) in [7, 11) is 0. The molecule has 7 heavy (non-hydrogen) atoms. The predicted octanol–water partition coefficient (Wildman–Crippen LogP) is -0.308. The average molecular weight is 172 g/mol. The Balaban J connectivity index is 3.45. The Hall–Kier alpha value is -0.151. The van der Waals surface area contributed by atoms with Crippen molar-refractivity contribution < 1.29 is 8.78 Å². The van der Waals surface area contributed by atoms with Crippen molar-refractivity contribution in [2.24, 2.45) is 10.7 Å². The normalized spacial score (nSPS) is 12.7. The minimum absolute atomic E-state index is 0.213. The second-order valence-corrected chi connectivity index (χ2v) is 1.62. The molecule has 0 aromatic carbocycles. The molecule has 0 saturated carbocycles. The van der Waals surface area contributed by atoms with Crippen LogP contribution in [0.5, 0.6) is 0 Å². The first-order chi connectivity index (χ1) is 3.13. The summed E-state index contributed by atoms with van der Waals surface area (Å²) < 4.78 is 21.8. The number of aliphatic imine (C=N–C) groups is 1. The minimum atomic E-state index is -2.69. The van der Waals surface area contributed by atoms with E-state index in [1.807, 2.05) is 0 Å². The van der Waals surface area contributed by atoms with Gasteiger partial charge in [-0.05, 0) is 0 Å². The van der Waals surface area contributed by atoms with E-state index in [1.165, 1.54) is 0 Å². The molecule has 0 aromatic heterocycles. The van der Waals surface area contributed by atoms with Gasteiger partial charge in [0.05, 0.1) is 0 Å². The van der Waals surface area contributed by atoms with E-state index in [0.717, 1.165) is 0 Å². The molecular weight excluding hydrogens is 169 g/mol. The molecule has 0 fully saturated rings. The van der Waals surface area contributed by atoms with Crippen LogP contribution in [0.25, 0.3) is 0 Å². The molecule has 2 nitrogen and oxygen atoms in total. The van der Waals surface area contributed by atoms with Gasteiger partial charge in [0.2, 0.25) is 0 Å². The first kappa shape index (κ1) is 6.85. The van der Waals surface area contributed by atoms with Crippen molar-refractivity contribution in [1.82, 2.24) is 0 Å². The number of nitrogens with two attached hydrogens (primary N) is 1. The van der Waals surface area contributed by atoms with E-state index in [0.29, 0.717) is 0 Å². The van der Waals surface area contributed by atoms with E-state index in [4.69, 9.17) is 5.73 Å². The van der Waals surface area contributed by atoms with E-state index in [-0.39, 0.29) is 4.73 Å². The first-order valence-corrected chi connectivity index (χ1v) is 2.27. The summed E-state index contributed by atoms with van der Waals surface area (Å²) in [6.45, 7) is -2.69. The summed E-state index contributed by atoms with van der Waals surface area (Å²) >= 11 is 2.12. The van der Waals surface area contributed by atoms with E-state index in [1.54, 1.807) is 0 Å². The first-order valence-electron chi connectivity index (χ1n) is 1.41. The third-order valence-corrected chi connectivity index (χ3v) is 0.446. The van der Waals surface area contributed by atoms with Gasteiger partial charge in [0, 0.05) is 0 Å². The number of hydrogen-bond acceptors (Lipinski definition) is 1. The molecule has 0 aromatic rings. The van der Waals surface area contributed by atoms with Crippen molar-refractivity contribution in [3.05, 3.63) is 0 Å². The summed E-state index contributed by atoms with van der Waals surface area (Å²) in [5.74, 6) is 0. The zero-order valence-corrected chi connectivity index (χ0v) is 4.98. The number of hydrogen-bond donors (Lipinski definition) is 1. The molecule has 0 aliphatic heterocycles. The van der Waals surface area contributed by atoms with Gasteiger partial charge >= 0.3 is 46.8 Å². The molecule has 0 heterocycles. The Morgan fingerprint density at radius 1 is 1.71 bits per heavy atom. The summed E-state index contributed by atoms with van der Waals surface area (Å²) in [6.07, 6.45) is 0. The Labute approximate surface area is 47.6 Å². The van der Waals surface area contributed by atoms with Gasteiger partial charge in [-0.25, -0.2) is 0 Å². The molecule has 1 radical (unpaired) electrons. The van der Waals surface area contributed by atoms with Crippen LogP contribution in [0.2, 0.25) is 0 Å². The van der Waals surface area contributed by atoms with Crippen molar-refractivity contribution >= 4 is 20.7 Å². The molecule has 0 spiro atoms. The number of halogens is 2. The summed E-state index contributed by atoms with van der Waals surface area (Å²) in [5, 5.41) is 0. The van der Waals surface area contributed by atoms with E-state index in [2.05, 4.69) is 21.0 Å². The van der Waals surface area contributed by atoms with E-state index in [9.17, 15) is 8.78 Å². The van der Waals surface area contributed by atoms with Crippen molar-refractivity contribution in [2.75, 3.05) is 0 Å². The van der Waals surface area contributed by atoms with Gasteiger partial charge in [0.1, 0.15) is 0 Å². The summed E-state index contributed by atoms with van der Waals surface area (Å²) in [5.41, 5.74) is 4.71. The zero-order chi connectivity index (χ0) is 5.86. The Bertz CT molecular complexity index is 77.8.